The molecular formula is C14H17Cl2N3. The topological polar surface area (TPSA) is 29.9 Å². The second kappa shape index (κ2) is 6.94. The molecule has 2 aromatic rings. The molecule has 0 spiro atoms. The van der Waals surface area contributed by atoms with Crippen LogP contribution in [0, 0.1) is 0 Å². The number of hydrogen-bond donors (Lipinski definition) is 1. The van der Waals surface area contributed by atoms with Gasteiger partial charge in [0.25, 0.3) is 0 Å². The smallest absolute Gasteiger partial charge is 0.0688 e. The van der Waals surface area contributed by atoms with Crippen LogP contribution in [0.5, 0.6) is 0 Å². The van der Waals surface area contributed by atoms with Crippen LogP contribution in [-0.2, 0) is 13.1 Å². The largest absolute Gasteiger partial charge is 0.313 e. The number of halogens is 2. The van der Waals surface area contributed by atoms with E-state index in [0.29, 0.717) is 16.6 Å². The standard InChI is InChI=1S/C14H17Cl2N3/c1-2-6-17-7-11-8-18-19(9-11)10-12-13(15)4-3-5-14(12)16/h3-5,8-9,17H,2,6-7,10H2,1H3. The van der Waals surface area contributed by atoms with Crippen molar-refractivity contribution in [1.82, 2.24) is 15.1 Å². The third-order valence-electron chi connectivity index (χ3n) is 2.82. The molecular weight excluding hydrogens is 281 g/mol. The maximum Gasteiger partial charge on any atom is 0.0688 e. The lowest BCUT2D eigenvalue weighted by Crippen LogP contribution is -2.13. The Morgan fingerprint density at radius 1 is 1.26 bits per heavy atom. The Balaban J connectivity index is 2.03. The molecule has 0 fully saturated rings. The van der Waals surface area contributed by atoms with E-state index in [9.17, 15) is 0 Å². The first-order valence-electron chi connectivity index (χ1n) is 6.35. The fourth-order valence-electron chi connectivity index (χ4n) is 1.84. The summed E-state index contributed by atoms with van der Waals surface area (Å²) in [7, 11) is 0. The summed E-state index contributed by atoms with van der Waals surface area (Å²) in [5.41, 5.74) is 2.07. The van der Waals surface area contributed by atoms with Crippen LogP contribution < -0.4 is 5.32 Å². The van der Waals surface area contributed by atoms with E-state index >= 15 is 0 Å². The highest BCUT2D eigenvalue weighted by atomic mass is 35.5. The quantitative estimate of drug-likeness (QED) is 0.823. The lowest BCUT2D eigenvalue weighted by Gasteiger charge is -2.06. The Hall–Kier alpha value is -1.03. The van der Waals surface area contributed by atoms with Crippen LogP contribution in [0.2, 0.25) is 10.0 Å². The normalized spacial score (nSPS) is 10.9. The van der Waals surface area contributed by atoms with Crippen molar-refractivity contribution in [3.05, 3.63) is 51.8 Å². The van der Waals surface area contributed by atoms with Gasteiger partial charge in [0.1, 0.15) is 0 Å². The van der Waals surface area contributed by atoms with Crippen molar-refractivity contribution in [2.75, 3.05) is 6.54 Å². The van der Waals surface area contributed by atoms with Gasteiger partial charge in [-0.05, 0) is 25.1 Å². The van der Waals surface area contributed by atoms with Crippen molar-refractivity contribution in [3.63, 3.8) is 0 Å². The minimum atomic E-state index is 0.590. The summed E-state index contributed by atoms with van der Waals surface area (Å²) >= 11 is 12.3. The maximum atomic E-state index is 6.15. The van der Waals surface area contributed by atoms with E-state index in [1.54, 1.807) is 0 Å². The number of aromatic nitrogens is 2. The molecule has 3 nitrogen and oxygen atoms in total. The van der Waals surface area contributed by atoms with E-state index in [4.69, 9.17) is 23.2 Å². The van der Waals surface area contributed by atoms with Crippen LogP contribution in [0.4, 0.5) is 0 Å². The van der Waals surface area contributed by atoms with Gasteiger partial charge >= 0.3 is 0 Å². The highest BCUT2D eigenvalue weighted by Gasteiger charge is 2.07. The molecule has 5 heteroatoms. The van der Waals surface area contributed by atoms with E-state index in [-0.39, 0.29) is 0 Å². The van der Waals surface area contributed by atoms with Crippen LogP contribution in [0.3, 0.4) is 0 Å². The lowest BCUT2D eigenvalue weighted by atomic mass is 10.2. The van der Waals surface area contributed by atoms with E-state index in [0.717, 1.165) is 30.6 Å². The molecule has 1 N–H and O–H groups in total. The van der Waals surface area contributed by atoms with Crippen LogP contribution in [-0.4, -0.2) is 16.3 Å². The molecule has 1 aromatic carbocycles. The van der Waals surface area contributed by atoms with Crippen molar-refractivity contribution < 1.29 is 0 Å². The van der Waals surface area contributed by atoms with Gasteiger partial charge in [-0.2, -0.15) is 5.10 Å². The minimum Gasteiger partial charge on any atom is -0.313 e. The van der Waals surface area contributed by atoms with Gasteiger partial charge in [0.2, 0.25) is 0 Å². The maximum absolute atomic E-state index is 6.15. The predicted octanol–water partition coefficient (Wildman–Crippen LogP) is 3.74. The van der Waals surface area contributed by atoms with E-state index in [1.807, 2.05) is 35.3 Å². The molecule has 19 heavy (non-hydrogen) atoms. The second-order valence-electron chi connectivity index (χ2n) is 4.42. The molecule has 0 saturated heterocycles. The highest BCUT2D eigenvalue weighted by molar-refractivity contribution is 6.35. The van der Waals surface area contributed by atoms with Crippen molar-refractivity contribution in [1.29, 1.82) is 0 Å². The first kappa shape index (κ1) is 14.4. The average Bonchev–Trinajstić information content (AvgIpc) is 2.82. The van der Waals surface area contributed by atoms with Crippen molar-refractivity contribution in [3.8, 4) is 0 Å². The Labute approximate surface area is 123 Å². The van der Waals surface area contributed by atoms with Gasteiger partial charge in [-0.15, -0.1) is 0 Å². The van der Waals surface area contributed by atoms with Crippen LogP contribution in [0.15, 0.2) is 30.6 Å². The Morgan fingerprint density at radius 3 is 2.68 bits per heavy atom. The summed E-state index contributed by atoms with van der Waals surface area (Å²) in [5, 5.41) is 9.03. The van der Waals surface area contributed by atoms with Gasteiger partial charge in [0.05, 0.1) is 12.7 Å². The van der Waals surface area contributed by atoms with Gasteiger partial charge in [-0.3, -0.25) is 4.68 Å². The SMILES string of the molecule is CCCNCc1cnn(Cc2c(Cl)cccc2Cl)c1. The van der Waals surface area contributed by atoms with Gasteiger partial charge < -0.3 is 5.32 Å². The molecule has 0 atom stereocenters. The number of nitrogens with one attached hydrogen (secondary N) is 1. The molecule has 0 radical (unpaired) electrons. The predicted molar refractivity (Wildman–Crippen MR) is 79.8 cm³/mol. The number of benzene rings is 1. The van der Waals surface area contributed by atoms with Gasteiger partial charge in [-0.25, -0.2) is 0 Å². The molecule has 102 valence electrons. The number of rotatable bonds is 6. The molecule has 0 aliphatic rings. The Kier molecular flexibility index (Phi) is 5.25. The molecule has 0 bridgehead atoms. The molecule has 0 aliphatic carbocycles. The summed E-state index contributed by atoms with van der Waals surface area (Å²) in [4.78, 5) is 0. The van der Waals surface area contributed by atoms with Crippen molar-refractivity contribution >= 4 is 23.2 Å². The molecule has 0 aliphatic heterocycles. The Bertz CT molecular complexity index is 517. The van der Waals surface area contributed by atoms with E-state index in [2.05, 4.69) is 17.3 Å². The fourth-order valence-corrected chi connectivity index (χ4v) is 2.36. The molecule has 1 aromatic heterocycles. The Morgan fingerprint density at radius 2 is 2.00 bits per heavy atom. The monoisotopic (exact) mass is 297 g/mol. The van der Waals surface area contributed by atoms with Crippen LogP contribution in [0.25, 0.3) is 0 Å². The first-order valence-corrected chi connectivity index (χ1v) is 7.11. The molecule has 0 amide bonds. The summed E-state index contributed by atoms with van der Waals surface area (Å²) in [5.74, 6) is 0. The minimum absolute atomic E-state index is 0.590. The average molecular weight is 298 g/mol. The summed E-state index contributed by atoms with van der Waals surface area (Å²) < 4.78 is 1.86. The van der Waals surface area contributed by atoms with Crippen LogP contribution >= 0.6 is 23.2 Å². The molecule has 0 saturated carbocycles. The van der Waals surface area contributed by atoms with Crippen molar-refractivity contribution in [2.24, 2.45) is 0 Å². The third kappa shape index (κ3) is 3.96. The fraction of sp³-hybridized carbons (Fsp3) is 0.357. The number of nitrogens with zero attached hydrogens (tertiary/aromatic N) is 2. The second-order valence-corrected chi connectivity index (χ2v) is 5.24. The van der Waals surface area contributed by atoms with E-state index in [1.165, 1.54) is 0 Å². The first-order chi connectivity index (χ1) is 9.20. The number of hydrogen-bond acceptors (Lipinski definition) is 2. The van der Waals surface area contributed by atoms with Crippen molar-refractivity contribution in [2.45, 2.75) is 26.4 Å². The van der Waals surface area contributed by atoms with Gasteiger partial charge in [0.15, 0.2) is 0 Å². The zero-order valence-electron chi connectivity index (χ0n) is 10.9. The summed E-state index contributed by atoms with van der Waals surface area (Å²) in [6.45, 7) is 4.59. The zero-order valence-corrected chi connectivity index (χ0v) is 12.4. The van der Waals surface area contributed by atoms with Crippen LogP contribution in [0.1, 0.15) is 24.5 Å². The van der Waals surface area contributed by atoms with Gasteiger partial charge in [-0.1, -0.05) is 36.2 Å². The lowest BCUT2D eigenvalue weighted by molar-refractivity contribution is 0.668. The zero-order chi connectivity index (χ0) is 13.7. The summed E-state index contributed by atoms with van der Waals surface area (Å²) in [6, 6.07) is 5.53. The molecule has 1 heterocycles. The van der Waals surface area contributed by atoms with E-state index < -0.39 is 0 Å². The van der Waals surface area contributed by atoms with Gasteiger partial charge in [0, 0.05) is 33.9 Å². The molecule has 2 rings (SSSR count). The summed E-state index contributed by atoms with van der Waals surface area (Å²) in [6.07, 6.45) is 5.01. The highest BCUT2D eigenvalue weighted by Crippen LogP contribution is 2.24. The molecule has 0 unspecified atom stereocenters. The third-order valence-corrected chi connectivity index (χ3v) is 3.53.